The SMILES string of the molecule is N#Cc1ccc(C(=O)NCCn2cc(C(=O)O)nn2)cc1. The minimum absolute atomic E-state index is 0.145. The zero-order valence-electron chi connectivity index (χ0n) is 10.9. The molecule has 106 valence electrons. The number of nitrogens with zero attached hydrogens (tertiary/aromatic N) is 4. The van der Waals surface area contributed by atoms with Crippen molar-refractivity contribution in [3.63, 3.8) is 0 Å². The monoisotopic (exact) mass is 285 g/mol. The summed E-state index contributed by atoms with van der Waals surface area (Å²) in [5, 5.41) is 27.1. The van der Waals surface area contributed by atoms with Gasteiger partial charge in [-0.3, -0.25) is 4.79 Å². The number of benzene rings is 1. The number of carboxylic acid groups (broad SMARTS) is 1. The molecule has 21 heavy (non-hydrogen) atoms. The molecule has 8 heteroatoms. The summed E-state index contributed by atoms with van der Waals surface area (Å²) in [6.07, 6.45) is 1.29. The number of nitriles is 1. The summed E-state index contributed by atoms with van der Waals surface area (Å²) in [4.78, 5) is 22.4. The third-order valence-corrected chi connectivity index (χ3v) is 2.66. The zero-order valence-corrected chi connectivity index (χ0v) is 10.9. The second kappa shape index (κ2) is 6.29. The highest BCUT2D eigenvalue weighted by Gasteiger charge is 2.08. The van der Waals surface area contributed by atoms with Crippen molar-refractivity contribution in [1.82, 2.24) is 20.3 Å². The maximum Gasteiger partial charge on any atom is 0.358 e. The molecule has 0 saturated carbocycles. The Labute approximate surface area is 119 Å². The third-order valence-electron chi connectivity index (χ3n) is 2.66. The fourth-order valence-corrected chi connectivity index (χ4v) is 1.59. The smallest absolute Gasteiger partial charge is 0.358 e. The lowest BCUT2D eigenvalue weighted by atomic mass is 10.1. The summed E-state index contributed by atoms with van der Waals surface area (Å²) in [6.45, 7) is 0.587. The van der Waals surface area contributed by atoms with Crippen LogP contribution in [0.4, 0.5) is 0 Å². The Bertz CT molecular complexity index is 699. The molecule has 0 spiro atoms. The first kappa shape index (κ1) is 14.2. The van der Waals surface area contributed by atoms with Gasteiger partial charge in [-0.1, -0.05) is 5.21 Å². The van der Waals surface area contributed by atoms with Crippen molar-refractivity contribution in [2.45, 2.75) is 6.54 Å². The molecular weight excluding hydrogens is 274 g/mol. The lowest BCUT2D eigenvalue weighted by Gasteiger charge is -2.04. The van der Waals surface area contributed by atoms with E-state index in [0.717, 1.165) is 0 Å². The summed E-state index contributed by atoms with van der Waals surface area (Å²) in [6, 6.07) is 8.22. The van der Waals surface area contributed by atoms with Crippen LogP contribution in [-0.2, 0) is 6.54 Å². The van der Waals surface area contributed by atoms with Gasteiger partial charge in [0.1, 0.15) is 0 Å². The molecular formula is C13H11N5O3. The fourth-order valence-electron chi connectivity index (χ4n) is 1.59. The fraction of sp³-hybridized carbons (Fsp3) is 0.154. The second-order valence-electron chi connectivity index (χ2n) is 4.12. The van der Waals surface area contributed by atoms with E-state index in [1.807, 2.05) is 6.07 Å². The summed E-state index contributed by atoms with van der Waals surface area (Å²) in [5.74, 6) is -1.43. The van der Waals surface area contributed by atoms with Crippen LogP contribution in [-0.4, -0.2) is 38.5 Å². The molecule has 1 aromatic carbocycles. The number of aromatic nitrogens is 3. The Morgan fingerprint density at radius 1 is 1.33 bits per heavy atom. The Balaban J connectivity index is 1.86. The van der Waals surface area contributed by atoms with Gasteiger partial charge >= 0.3 is 5.97 Å². The van der Waals surface area contributed by atoms with E-state index in [1.165, 1.54) is 10.9 Å². The van der Waals surface area contributed by atoms with E-state index in [-0.39, 0.29) is 18.1 Å². The molecule has 8 nitrogen and oxygen atoms in total. The van der Waals surface area contributed by atoms with Crippen LogP contribution in [0.3, 0.4) is 0 Å². The van der Waals surface area contributed by atoms with E-state index in [1.54, 1.807) is 24.3 Å². The first-order valence-electron chi connectivity index (χ1n) is 6.02. The Kier molecular flexibility index (Phi) is 4.26. The largest absolute Gasteiger partial charge is 0.476 e. The predicted molar refractivity (Wildman–Crippen MR) is 70.5 cm³/mol. The standard InChI is InChI=1S/C13H11N5O3/c14-7-9-1-3-10(4-2-9)12(19)15-5-6-18-8-11(13(20)21)16-17-18/h1-4,8H,5-6H2,(H,15,19)(H,20,21). The number of carbonyl (C=O) groups is 2. The highest BCUT2D eigenvalue weighted by atomic mass is 16.4. The molecule has 0 aliphatic carbocycles. The molecule has 0 unspecified atom stereocenters. The quantitative estimate of drug-likeness (QED) is 0.813. The summed E-state index contributed by atoms with van der Waals surface area (Å²) in [5.41, 5.74) is 0.780. The van der Waals surface area contributed by atoms with E-state index >= 15 is 0 Å². The number of aromatic carboxylic acids is 1. The molecule has 0 radical (unpaired) electrons. The molecule has 1 amide bonds. The van der Waals surface area contributed by atoms with E-state index in [4.69, 9.17) is 10.4 Å². The van der Waals surface area contributed by atoms with Crippen molar-refractivity contribution < 1.29 is 14.7 Å². The third kappa shape index (κ3) is 3.63. The van der Waals surface area contributed by atoms with Crippen molar-refractivity contribution in [3.8, 4) is 6.07 Å². The van der Waals surface area contributed by atoms with Crippen LogP contribution in [0.1, 0.15) is 26.4 Å². The Morgan fingerprint density at radius 3 is 2.62 bits per heavy atom. The number of rotatable bonds is 5. The molecule has 0 fully saturated rings. The number of nitrogens with one attached hydrogen (secondary N) is 1. The zero-order chi connectivity index (χ0) is 15.2. The molecule has 2 N–H and O–H groups in total. The highest BCUT2D eigenvalue weighted by Crippen LogP contribution is 2.03. The van der Waals surface area contributed by atoms with Gasteiger partial charge in [0.25, 0.3) is 5.91 Å². The summed E-state index contributed by atoms with van der Waals surface area (Å²) < 4.78 is 1.34. The molecule has 0 bridgehead atoms. The first-order chi connectivity index (χ1) is 10.1. The van der Waals surface area contributed by atoms with Crippen molar-refractivity contribution in [2.24, 2.45) is 0 Å². The number of hydrogen-bond donors (Lipinski definition) is 2. The molecule has 0 saturated heterocycles. The van der Waals surface area contributed by atoms with E-state index in [9.17, 15) is 9.59 Å². The average molecular weight is 285 g/mol. The van der Waals surface area contributed by atoms with Crippen LogP contribution in [0.2, 0.25) is 0 Å². The van der Waals surface area contributed by atoms with Gasteiger partial charge in [-0.25, -0.2) is 9.48 Å². The van der Waals surface area contributed by atoms with Crippen molar-refractivity contribution in [3.05, 3.63) is 47.3 Å². The normalized spacial score (nSPS) is 9.86. The minimum atomic E-state index is -1.15. The van der Waals surface area contributed by atoms with Crippen molar-refractivity contribution in [2.75, 3.05) is 6.54 Å². The number of carbonyl (C=O) groups excluding carboxylic acids is 1. The van der Waals surface area contributed by atoms with Crippen LogP contribution >= 0.6 is 0 Å². The predicted octanol–water partition coefficient (Wildman–Crippen LogP) is 0.278. The molecule has 2 rings (SSSR count). The number of amides is 1. The van der Waals surface area contributed by atoms with Crippen LogP contribution in [0.25, 0.3) is 0 Å². The van der Waals surface area contributed by atoms with Crippen LogP contribution < -0.4 is 5.32 Å². The summed E-state index contributed by atoms with van der Waals surface area (Å²) in [7, 11) is 0. The van der Waals surface area contributed by atoms with E-state index < -0.39 is 5.97 Å². The molecule has 2 aromatic rings. The van der Waals surface area contributed by atoms with Gasteiger partial charge in [0, 0.05) is 12.1 Å². The van der Waals surface area contributed by atoms with Crippen LogP contribution in [0.5, 0.6) is 0 Å². The molecule has 1 aromatic heterocycles. The van der Waals surface area contributed by atoms with Gasteiger partial charge in [0.2, 0.25) is 0 Å². The Morgan fingerprint density at radius 2 is 2.05 bits per heavy atom. The lowest BCUT2D eigenvalue weighted by molar-refractivity contribution is 0.0690. The van der Waals surface area contributed by atoms with Gasteiger partial charge in [-0.05, 0) is 24.3 Å². The van der Waals surface area contributed by atoms with Gasteiger partial charge < -0.3 is 10.4 Å². The van der Waals surface area contributed by atoms with E-state index in [2.05, 4.69) is 15.6 Å². The average Bonchev–Trinajstić information content (AvgIpc) is 2.96. The molecule has 1 heterocycles. The number of hydrogen-bond acceptors (Lipinski definition) is 5. The molecule has 0 atom stereocenters. The van der Waals surface area contributed by atoms with Crippen molar-refractivity contribution in [1.29, 1.82) is 5.26 Å². The maximum absolute atomic E-state index is 11.8. The minimum Gasteiger partial charge on any atom is -0.476 e. The van der Waals surface area contributed by atoms with Gasteiger partial charge in [0.15, 0.2) is 5.69 Å². The van der Waals surface area contributed by atoms with E-state index in [0.29, 0.717) is 17.7 Å². The lowest BCUT2D eigenvalue weighted by Crippen LogP contribution is -2.27. The van der Waals surface area contributed by atoms with Gasteiger partial charge in [0.05, 0.1) is 24.4 Å². The molecule has 0 aliphatic rings. The van der Waals surface area contributed by atoms with Gasteiger partial charge in [-0.2, -0.15) is 5.26 Å². The van der Waals surface area contributed by atoms with Crippen LogP contribution in [0.15, 0.2) is 30.5 Å². The highest BCUT2D eigenvalue weighted by molar-refractivity contribution is 5.94. The second-order valence-corrected chi connectivity index (χ2v) is 4.12. The topological polar surface area (TPSA) is 121 Å². The van der Waals surface area contributed by atoms with Crippen molar-refractivity contribution >= 4 is 11.9 Å². The first-order valence-corrected chi connectivity index (χ1v) is 6.02. The Hall–Kier alpha value is -3.21. The summed E-state index contributed by atoms with van der Waals surface area (Å²) >= 11 is 0. The van der Waals surface area contributed by atoms with Gasteiger partial charge in [-0.15, -0.1) is 5.10 Å². The number of carboxylic acids is 1. The molecule has 0 aliphatic heterocycles. The maximum atomic E-state index is 11.8. The van der Waals surface area contributed by atoms with Crippen LogP contribution in [0, 0.1) is 11.3 Å².